The van der Waals surface area contributed by atoms with E-state index in [-0.39, 0.29) is 5.91 Å². The van der Waals surface area contributed by atoms with Crippen LogP contribution in [0.15, 0.2) is 0 Å². The highest BCUT2D eigenvalue weighted by atomic mass is 16.2. The molecule has 0 aromatic heterocycles. The third-order valence-corrected chi connectivity index (χ3v) is 2.70. The van der Waals surface area contributed by atoms with Crippen molar-refractivity contribution in [1.29, 1.82) is 0 Å². The molecule has 1 fully saturated rings. The molecule has 1 N–H and O–H groups in total. The minimum absolute atomic E-state index is 0.189. The molecule has 1 heterocycles. The van der Waals surface area contributed by atoms with E-state index in [2.05, 4.69) is 16.1 Å². The summed E-state index contributed by atoms with van der Waals surface area (Å²) in [6, 6.07) is 0.353. The van der Waals surface area contributed by atoms with Crippen molar-refractivity contribution in [1.82, 2.24) is 15.1 Å². The van der Waals surface area contributed by atoms with Gasteiger partial charge in [0.15, 0.2) is 0 Å². The van der Waals surface area contributed by atoms with Crippen molar-refractivity contribution in [2.24, 2.45) is 0 Å². The summed E-state index contributed by atoms with van der Waals surface area (Å²) in [6.07, 6.45) is 5.25. The first-order chi connectivity index (χ1) is 7.63. The molecule has 1 saturated heterocycles. The zero-order chi connectivity index (χ0) is 12.0. The molecule has 0 unspecified atom stereocenters. The van der Waals surface area contributed by atoms with E-state index in [9.17, 15) is 4.79 Å². The zero-order valence-electron chi connectivity index (χ0n) is 10.2. The zero-order valence-corrected chi connectivity index (χ0v) is 10.2. The molecule has 0 aromatic carbocycles. The predicted molar refractivity (Wildman–Crippen MR) is 65.0 cm³/mol. The summed E-state index contributed by atoms with van der Waals surface area (Å²) in [5.41, 5.74) is 0. The Balaban J connectivity index is 2.25. The van der Waals surface area contributed by atoms with Gasteiger partial charge in [0.25, 0.3) is 0 Å². The van der Waals surface area contributed by atoms with E-state index in [0.717, 1.165) is 26.2 Å². The van der Waals surface area contributed by atoms with Crippen molar-refractivity contribution in [3.05, 3.63) is 0 Å². The minimum atomic E-state index is 0.189. The van der Waals surface area contributed by atoms with Crippen molar-refractivity contribution in [3.8, 4) is 12.3 Å². The molecule has 0 aliphatic carbocycles. The first kappa shape index (κ1) is 13.0. The van der Waals surface area contributed by atoms with Crippen molar-refractivity contribution >= 4 is 5.91 Å². The van der Waals surface area contributed by atoms with Crippen LogP contribution in [0.4, 0.5) is 0 Å². The number of rotatable bonds is 4. The van der Waals surface area contributed by atoms with Gasteiger partial charge in [0.1, 0.15) is 0 Å². The number of carbonyl (C=O) groups is 1. The maximum absolute atomic E-state index is 11.8. The molecule has 1 rings (SSSR count). The fourth-order valence-corrected chi connectivity index (χ4v) is 1.69. The number of carbonyl (C=O) groups excluding carboxylic acids is 1. The molecule has 16 heavy (non-hydrogen) atoms. The van der Waals surface area contributed by atoms with Crippen molar-refractivity contribution < 1.29 is 4.79 Å². The minimum Gasteiger partial charge on any atom is -0.339 e. The summed E-state index contributed by atoms with van der Waals surface area (Å²) in [5.74, 6) is 2.82. The van der Waals surface area contributed by atoms with E-state index in [4.69, 9.17) is 6.42 Å². The summed E-state index contributed by atoms with van der Waals surface area (Å²) in [6.45, 7) is 8.56. The molecule has 90 valence electrons. The van der Waals surface area contributed by atoms with Crippen LogP contribution < -0.4 is 5.32 Å². The Bertz CT molecular complexity index is 262. The van der Waals surface area contributed by atoms with Crippen LogP contribution >= 0.6 is 0 Å². The number of piperazine rings is 1. The van der Waals surface area contributed by atoms with Crippen LogP contribution in [0.2, 0.25) is 0 Å². The van der Waals surface area contributed by atoms with Gasteiger partial charge in [-0.15, -0.1) is 6.42 Å². The Kier molecular flexibility index (Phi) is 5.30. The van der Waals surface area contributed by atoms with Crippen LogP contribution in [0, 0.1) is 12.3 Å². The highest BCUT2D eigenvalue weighted by Crippen LogP contribution is 2.01. The third-order valence-electron chi connectivity index (χ3n) is 2.70. The number of terminal acetylenes is 1. The van der Waals surface area contributed by atoms with E-state index in [1.165, 1.54) is 0 Å². The van der Waals surface area contributed by atoms with Crippen LogP contribution in [0.5, 0.6) is 0 Å². The lowest BCUT2D eigenvalue weighted by Crippen LogP contribution is -2.51. The molecule has 0 spiro atoms. The van der Waals surface area contributed by atoms with E-state index in [0.29, 0.717) is 19.1 Å². The average molecular weight is 223 g/mol. The highest BCUT2D eigenvalue weighted by Gasteiger charge is 2.19. The quantitative estimate of drug-likeness (QED) is 0.668. The number of nitrogens with zero attached hydrogens (tertiary/aromatic N) is 2. The first-order valence-corrected chi connectivity index (χ1v) is 5.80. The number of nitrogens with one attached hydrogen (secondary N) is 1. The molecule has 1 aliphatic rings. The number of hydrogen-bond donors (Lipinski definition) is 1. The van der Waals surface area contributed by atoms with Gasteiger partial charge in [-0.3, -0.25) is 9.69 Å². The first-order valence-electron chi connectivity index (χ1n) is 5.80. The fraction of sp³-hybridized carbons (Fsp3) is 0.750. The van der Waals surface area contributed by atoms with E-state index >= 15 is 0 Å². The fourth-order valence-electron chi connectivity index (χ4n) is 1.69. The van der Waals surface area contributed by atoms with E-state index in [1.54, 1.807) is 0 Å². The second-order valence-electron chi connectivity index (χ2n) is 4.40. The largest absolute Gasteiger partial charge is 0.339 e. The highest BCUT2D eigenvalue weighted by molar-refractivity contribution is 5.78. The molecule has 0 atom stereocenters. The number of hydrogen-bond acceptors (Lipinski definition) is 3. The maximum Gasteiger partial charge on any atom is 0.236 e. The topological polar surface area (TPSA) is 35.6 Å². The van der Waals surface area contributed by atoms with Crippen LogP contribution in [0.25, 0.3) is 0 Å². The van der Waals surface area contributed by atoms with Gasteiger partial charge in [-0.1, -0.05) is 19.8 Å². The van der Waals surface area contributed by atoms with Gasteiger partial charge in [-0.2, -0.15) is 0 Å². The van der Waals surface area contributed by atoms with Gasteiger partial charge >= 0.3 is 0 Å². The maximum atomic E-state index is 11.8. The lowest BCUT2D eigenvalue weighted by molar-refractivity contribution is -0.132. The SMILES string of the molecule is C#CCN1CCN(C(=O)CNC(C)C)CC1. The lowest BCUT2D eigenvalue weighted by atomic mass is 10.3. The third kappa shape index (κ3) is 4.21. The van der Waals surface area contributed by atoms with Gasteiger partial charge in [0.2, 0.25) is 5.91 Å². The predicted octanol–water partition coefficient (Wildman–Crippen LogP) is -0.238. The van der Waals surface area contributed by atoms with Crippen molar-refractivity contribution in [3.63, 3.8) is 0 Å². The lowest BCUT2D eigenvalue weighted by Gasteiger charge is -2.33. The molecular weight excluding hydrogens is 202 g/mol. The molecule has 0 radical (unpaired) electrons. The van der Waals surface area contributed by atoms with Gasteiger partial charge in [-0.05, 0) is 0 Å². The molecule has 4 nitrogen and oxygen atoms in total. The molecular formula is C12H21N3O. The summed E-state index contributed by atoms with van der Waals surface area (Å²) >= 11 is 0. The molecule has 0 aromatic rings. The van der Waals surface area contributed by atoms with Gasteiger partial charge in [-0.25, -0.2) is 0 Å². The van der Waals surface area contributed by atoms with Gasteiger partial charge < -0.3 is 10.2 Å². The Morgan fingerprint density at radius 2 is 2.00 bits per heavy atom. The Hall–Kier alpha value is -1.05. The van der Waals surface area contributed by atoms with Crippen LogP contribution in [0.1, 0.15) is 13.8 Å². The molecule has 0 saturated carbocycles. The van der Waals surface area contributed by atoms with Crippen LogP contribution in [-0.2, 0) is 4.79 Å². The van der Waals surface area contributed by atoms with Gasteiger partial charge in [0.05, 0.1) is 13.1 Å². The molecule has 4 heteroatoms. The Morgan fingerprint density at radius 3 is 2.50 bits per heavy atom. The monoisotopic (exact) mass is 223 g/mol. The number of amides is 1. The standard InChI is InChI=1S/C12H21N3O/c1-4-5-14-6-8-15(9-7-14)12(16)10-13-11(2)3/h1,11,13H,5-10H2,2-3H3. The second-order valence-corrected chi connectivity index (χ2v) is 4.40. The van der Waals surface area contributed by atoms with Gasteiger partial charge in [0, 0.05) is 32.2 Å². The van der Waals surface area contributed by atoms with Crippen molar-refractivity contribution in [2.75, 3.05) is 39.3 Å². The summed E-state index contributed by atoms with van der Waals surface area (Å²) in [7, 11) is 0. The smallest absolute Gasteiger partial charge is 0.236 e. The average Bonchev–Trinajstić information content (AvgIpc) is 2.27. The van der Waals surface area contributed by atoms with Crippen LogP contribution in [-0.4, -0.2) is 61.0 Å². The van der Waals surface area contributed by atoms with E-state index in [1.807, 2.05) is 18.7 Å². The van der Waals surface area contributed by atoms with Crippen LogP contribution in [0.3, 0.4) is 0 Å². The molecule has 1 aliphatic heterocycles. The Labute approximate surface area is 98.0 Å². The second kappa shape index (κ2) is 6.51. The Morgan fingerprint density at radius 1 is 1.38 bits per heavy atom. The summed E-state index contributed by atoms with van der Waals surface area (Å²) in [5, 5.41) is 3.14. The molecule has 1 amide bonds. The van der Waals surface area contributed by atoms with Crippen molar-refractivity contribution in [2.45, 2.75) is 19.9 Å². The normalized spacial score (nSPS) is 17.5. The molecule has 0 bridgehead atoms. The van der Waals surface area contributed by atoms with E-state index < -0.39 is 0 Å². The summed E-state index contributed by atoms with van der Waals surface area (Å²) < 4.78 is 0. The summed E-state index contributed by atoms with van der Waals surface area (Å²) in [4.78, 5) is 15.9.